The molecule has 6 rings (SSSR count). The summed E-state index contributed by atoms with van der Waals surface area (Å²) in [5, 5.41) is 20.7. The van der Waals surface area contributed by atoms with Crippen molar-refractivity contribution in [2.24, 2.45) is 11.8 Å². The average Bonchev–Trinajstić information content (AvgIpc) is 3.54. The lowest BCUT2D eigenvalue weighted by atomic mass is 9.77. The zero-order valence-corrected chi connectivity index (χ0v) is 26.0. The van der Waals surface area contributed by atoms with E-state index in [4.69, 9.17) is 9.47 Å². The van der Waals surface area contributed by atoms with Crippen molar-refractivity contribution in [2.75, 3.05) is 18.5 Å². The van der Waals surface area contributed by atoms with Gasteiger partial charge in [0, 0.05) is 38.8 Å². The third kappa shape index (κ3) is 6.96. The monoisotopic (exact) mass is 676 g/mol. The Morgan fingerprint density at radius 1 is 1.04 bits per heavy atom. The fourth-order valence-corrected chi connectivity index (χ4v) is 6.03. The van der Waals surface area contributed by atoms with Crippen LogP contribution in [0, 0.1) is 23.5 Å². The fraction of sp³-hybridized carbons (Fsp3) is 0.265. The molecule has 2 heterocycles. The third-order valence-corrected chi connectivity index (χ3v) is 8.77. The molecule has 0 bridgehead atoms. The van der Waals surface area contributed by atoms with E-state index in [0.29, 0.717) is 30.9 Å². The number of benzene rings is 4. The Labute approximate surface area is 267 Å². The van der Waals surface area contributed by atoms with Crippen LogP contribution in [0.3, 0.4) is 0 Å². The molecule has 2 N–H and O–H groups in total. The number of hydrogen-bond acceptors (Lipinski definition) is 6. The second-order valence-electron chi connectivity index (χ2n) is 11.4. The first-order chi connectivity index (χ1) is 21.7. The van der Waals surface area contributed by atoms with Gasteiger partial charge < -0.3 is 19.9 Å². The normalized spacial score (nSPS) is 18.8. The zero-order chi connectivity index (χ0) is 31.6. The van der Waals surface area contributed by atoms with E-state index in [2.05, 4.69) is 31.3 Å². The van der Waals surface area contributed by atoms with Crippen molar-refractivity contribution >= 4 is 38.3 Å². The summed E-state index contributed by atoms with van der Waals surface area (Å²) < 4.78 is 43.2. The molecule has 1 saturated heterocycles. The number of carbonyl (C=O) groups excluding carboxylic acids is 1. The van der Waals surface area contributed by atoms with Crippen LogP contribution >= 0.6 is 15.9 Å². The van der Waals surface area contributed by atoms with E-state index in [1.807, 2.05) is 61.5 Å². The van der Waals surface area contributed by atoms with Crippen LogP contribution in [-0.4, -0.2) is 39.0 Å². The highest BCUT2D eigenvalue weighted by Gasteiger charge is 2.40. The quantitative estimate of drug-likeness (QED) is 0.174. The zero-order valence-electron chi connectivity index (χ0n) is 24.4. The third-order valence-electron chi connectivity index (χ3n) is 8.24. The molecular weight excluding hydrogens is 646 g/mol. The Balaban J connectivity index is 1.10. The number of carbonyl (C=O) groups is 1. The molecule has 0 spiro atoms. The predicted octanol–water partition coefficient (Wildman–Crippen LogP) is 7.00. The highest BCUT2D eigenvalue weighted by atomic mass is 79.9. The van der Waals surface area contributed by atoms with Crippen molar-refractivity contribution in [1.29, 1.82) is 0 Å². The molecule has 2 atom stereocenters. The van der Waals surface area contributed by atoms with Crippen LogP contribution in [0.2, 0.25) is 0 Å². The van der Waals surface area contributed by atoms with Gasteiger partial charge in [0.15, 0.2) is 6.29 Å². The van der Waals surface area contributed by atoms with Crippen LogP contribution in [-0.2, 0) is 21.6 Å². The topological polar surface area (TPSA) is 98.5 Å². The molecule has 0 radical (unpaired) electrons. The van der Waals surface area contributed by atoms with Gasteiger partial charge >= 0.3 is 0 Å². The first kappa shape index (κ1) is 31.0. The maximum Gasteiger partial charge on any atom is 0.255 e. The van der Waals surface area contributed by atoms with Gasteiger partial charge in [-0.1, -0.05) is 47.1 Å². The first-order valence-corrected chi connectivity index (χ1v) is 15.3. The Bertz CT molecular complexity index is 1800. The molecular formula is C34H31BrF2N4O4. The van der Waals surface area contributed by atoms with Gasteiger partial charge in [-0.3, -0.25) is 4.79 Å². The van der Waals surface area contributed by atoms with Gasteiger partial charge in [0.1, 0.15) is 29.9 Å². The van der Waals surface area contributed by atoms with Gasteiger partial charge in [-0.15, -0.1) is 0 Å². The lowest BCUT2D eigenvalue weighted by Crippen LogP contribution is -2.41. The van der Waals surface area contributed by atoms with Gasteiger partial charge in [-0.25, -0.2) is 18.4 Å². The minimum Gasteiger partial charge on any atom is -0.383 e. The second-order valence-corrected chi connectivity index (χ2v) is 12.3. The maximum absolute atomic E-state index is 14.9. The number of hydrogen-bond donors (Lipinski definition) is 2. The highest BCUT2D eigenvalue weighted by Crippen LogP contribution is 2.39. The Kier molecular flexibility index (Phi) is 9.04. The van der Waals surface area contributed by atoms with E-state index in [0.717, 1.165) is 32.9 Å². The molecule has 1 aliphatic rings. The summed E-state index contributed by atoms with van der Waals surface area (Å²) in [5.74, 6) is -2.28. The van der Waals surface area contributed by atoms with E-state index in [9.17, 15) is 18.7 Å². The van der Waals surface area contributed by atoms with Gasteiger partial charge in [-0.2, -0.15) is 5.10 Å². The lowest BCUT2D eigenvalue weighted by molar-refractivity contribution is -0.210. The number of aliphatic hydroxyl groups is 1. The lowest BCUT2D eigenvalue weighted by Gasteiger charge is -2.38. The van der Waals surface area contributed by atoms with E-state index in [-0.39, 0.29) is 23.9 Å². The number of aromatic nitrogens is 3. The summed E-state index contributed by atoms with van der Waals surface area (Å²) in [6, 6.07) is 21.9. The summed E-state index contributed by atoms with van der Waals surface area (Å²) in [5.41, 5.74) is 0.406. The van der Waals surface area contributed by atoms with Crippen LogP contribution in [0.15, 0.2) is 96.0 Å². The Morgan fingerprint density at radius 2 is 1.78 bits per heavy atom. The molecule has 1 aliphatic heterocycles. The second kappa shape index (κ2) is 13.1. The maximum atomic E-state index is 14.9. The minimum atomic E-state index is -1.69. The summed E-state index contributed by atoms with van der Waals surface area (Å²) in [4.78, 5) is 16.7. The van der Waals surface area contributed by atoms with E-state index in [1.54, 1.807) is 6.07 Å². The van der Waals surface area contributed by atoms with Crippen molar-refractivity contribution in [3.05, 3.63) is 124 Å². The molecule has 232 valence electrons. The minimum absolute atomic E-state index is 0.00691. The van der Waals surface area contributed by atoms with Crippen molar-refractivity contribution in [1.82, 2.24) is 14.8 Å². The van der Waals surface area contributed by atoms with E-state index < -0.39 is 29.4 Å². The average molecular weight is 678 g/mol. The summed E-state index contributed by atoms with van der Waals surface area (Å²) in [7, 11) is 0. The molecule has 8 nitrogen and oxygen atoms in total. The molecule has 1 aromatic heterocycles. The fourth-order valence-electron chi connectivity index (χ4n) is 5.76. The number of rotatable bonds is 9. The predicted molar refractivity (Wildman–Crippen MR) is 168 cm³/mol. The number of fused-ring (bicyclic) bond motifs is 1. The SMILES string of the molecule is CC(CC1COC(c2ccc3cc(C(=O)Nc4ccc(Br)cc4)ccc3c2)OC1)C(O)(Cn1cncn1)c1ccc(F)cc1F. The number of ether oxygens (including phenoxy) is 2. The number of halogens is 3. The van der Waals surface area contributed by atoms with Crippen LogP contribution < -0.4 is 5.32 Å². The van der Waals surface area contributed by atoms with Gasteiger partial charge in [-0.05, 0) is 71.6 Å². The van der Waals surface area contributed by atoms with Crippen molar-refractivity contribution in [3.63, 3.8) is 0 Å². The molecule has 1 fully saturated rings. The molecule has 2 unspecified atom stereocenters. The standard InChI is InChI=1S/C34H31BrF2N4O4/c1-21(34(43,18-41-20-38-19-39-41)30-11-8-28(36)15-31(30)37)12-22-16-44-33(45-17-22)26-5-3-23-13-25(4-2-24(23)14-26)32(42)40-29-9-6-27(35)7-10-29/h2-11,13-15,19-22,33,43H,12,16-18H2,1H3,(H,40,42). The van der Waals surface area contributed by atoms with Gasteiger partial charge in [0.2, 0.25) is 0 Å². The molecule has 0 saturated carbocycles. The Hall–Kier alpha value is -4.03. The largest absolute Gasteiger partial charge is 0.383 e. The number of nitrogens with zero attached hydrogens (tertiary/aromatic N) is 3. The van der Waals surface area contributed by atoms with Crippen molar-refractivity contribution in [2.45, 2.75) is 31.8 Å². The van der Waals surface area contributed by atoms with E-state index in [1.165, 1.54) is 23.4 Å². The summed E-state index contributed by atoms with van der Waals surface area (Å²) >= 11 is 3.39. The smallest absolute Gasteiger partial charge is 0.255 e. The van der Waals surface area contributed by atoms with Gasteiger partial charge in [0.25, 0.3) is 5.91 Å². The van der Waals surface area contributed by atoms with Crippen LogP contribution in [0.25, 0.3) is 10.8 Å². The van der Waals surface area contributed by atoms with Crippen LogP contribution in [0.4, 0.5) is 14.5 Å². The first-order valence-electron chi connectivity index (χ1n) is 14.5. The summed E-state index contributed by atoms with van der Waals surface area (Å²) in [6.07, 6.45) is 2.66. The molecule has 0 aliphatic carbocycles. The van der Waals surface area contributed by atoms with Crippen LogP contribution in [0.5, 0.6) is 0 Å². The number of nitrogens with one attached hydrogen (secondary N) is 1. The molecule has 11 heteroatoms. The van der Waals surface area contributed by atoms with Gasteiger partial charge in [0.05, 0.1) is 19.8 Å². The van der Waals surface area contributed by atoms with Crippen molar-refractivity contribution < 1.29 is 28.2 Å². The number of amides is 1. The Morgan fingerprint density at radius 3 is 2.49 bits per heavy atom. The number of anilines is 1. The van der Waals surface area contributed by atoms with Crippen LogP contribution in [0.1, 0.15) is 41.1 Å². The highest BCUT2D eigenvalue weighted by molar-refractivity contribution is 9.10. The van der Waals surface area contributed by atoms with E-state index >= 15 is 0 Å². The van der Waals surface area contributed by atoms with Crippen molar-refractivity contribution in [3.8, 4) is 0 Å². The molecule has 1 amide bonds. The molecule has 4 aromatic carbocycles. The molecule has 5 aromatic rings. The summed E-state index contributed by atoms with van der Waals surface area (Å²) in [6.45, 7) is 2.50. The molecule has 45 heavy (non-hydrogen) atoms.